The Balaban J connectivity index is 1.34. The monoisotopic (exact) mass is 944 g/mol. The number of likely N-dealkylation sites (N-methyl/N-ethyl adjacent to an activating group) is 1. The van der Waals surface area contributed by atoms with Gasteiger partial charge in [0.05, 0.1) is 29.1 Å². The second-order valence-corrected chi connectivity index (χ2v) is 17.4. The molecule has 2 aliphatic rings. The fourth-order valence-electron chi connectivity index (χ4n) is 8.76. The van der Waals surface area contributed by atoms with E-state index in [1.54, 1.807) is 50.2 Å². The maximum Gasteiger partial charge on any atom is 0.254 e. The molecule has 5 amide bonds. The van der Waals surface area contributed by atoms with E-state index in [2.05, 4.69) is 21.3 Å². The summed E-state index contributed by atoms with van der Waals surface area (Å²) in [5.41, 5.74) is 22.5. The number of aryl methyl sites for hydroxylation is 2. The molecule has 0 spiro atoms. The van der Waals surface area contributed by atoms with E-state index < -0.39 is 53.7 Å². The quantitative estimate of drug-likeness (QED) is 0.0750. The fourth-order valence-corrected chi connectivity index (χ4v) is 8.76. The smallest absolute Gasteiger partial charge is 0.254 e. The van der Waals surface area contributed by atoms with Crippen molar-refractivity contribution in [1.82, 2.24) is 31.2 Å². The molecule has 1 aromatic heterocycles. The molecule has 4 bridgehead atoms. The molecule has 18 nitrogen and oxygen atoms in total. The number of benzene rings is 3. The molecule has 0 saturated heterocycles. The van der Waals surface area contributed by atoms with Crippen LogP contribution in [0.1, 0.15) is 84.2 Å². The van der Waals surface area contributed by atoms with E-state index >= 15 is 0 Å². The summed E-state index contributed by atoms with van der Waals surface area (Å²) in [7, 11) is 1.43. The number of nitrogens with zero attached hydrogens (tertiary/aromatic N) is 3. The molecule has 0 radical (unpaired) electrons. The molecule has 3 aromatic carbocycles. The van der Waals surface area contributed by atoms with E-state index in [1.165, 1.54) is 38.1 Å². The zero-order chi connectivity index (χ0) is 49.6. The number of nitrogens with one attached hydrogen (secondary N) is 4. The largest absolute Gasteiger partial charge is 0.492 e. The number of hydrogen-bond acceptors (Lipinski definition) is 13. The van der Waals surface area contributed by atoms with Crippen LogP contribution in [-0.4, -0.2) is 110 Å². The molecule has 4 aromatic rings. The first-order valence-corrected chi connectivity index (χ1v) is 23.5. The highest BCUT2D eigenvalue weighted by molar-refractivity contribution is 6.01. The lowest BCUT2D eigenvalue weighted by atomic mass is 9.93. The predicted molar refractivity (Wildman–Crippen MR) is 260 cm³/mol. The highest BCUT2D eigenvalue weighted by atomic mass is 16.5. The van der Waals surface area contributed by atoms with Crippen molar-refractivity contribution in [2.75, 3.05) is 46.4 Å². The zero-order valence-corrected chi connectivity index (χ0v) is 39.8. The molecule has 6 rings (SSSR count). The number of carbonyl (C=O) groups excluding carboxylic acids is 5. The van der Waals surface area contributed by atoms with Crippen LogP contribution in [0.3, 0.4) is 0 Å². The van der Waals surface area contributed by atoms with E-state index in [4.69, 9.17) is 36.4 Å². The van der Waals surface area contributed by atoms with Crippen LogP contribution in [0.5, 0.6) is 17.2 Å². The number of aromatic nitrogens is 1. The minimum atomic E-state index is -1.40. The Labute approximate surface area is 403 Å². The van der Waals surface area contributed by atoms with Crippen LogP contribution in [0.15, 0.2) is 66.7 Å². The van der Waals surface area contributed by atoms with Crippen LogP contribution in [-0.2, 0) is 25.6 Å². The van der Waals surface area contributed by atoms with Crippen molar-refractivity contribution in [1.29, 1.82) is 5.26 Å². The molecule has 10 N–H and O–H groups in total. The molecule has 1 aliphatic heterocycles. The van der Waals surface area contributed by atoms with Gasteiger partial charge in [-0.2, -0.15) is 5.26 Å². The lowest BCUT2D eigenvalue weighted by Gasteiger charge is -2.32. The number of nitrogens with two attached hydrogens (primary N) is 3. The average molecular weight is 945 g/mol. The Hall–Kier alpha value is -7.07. The highest BCUT2D eigenvalue weighted by Crippen LogP contribution is 2.40. The van der Waals surface area contributed by atoms with E-state index in [1.807, 2.05) is 36.4 Å². The van der Waals surface area contributed by atoms with Gasteiger partial charge in [-0.05, 0) is 131 Å². The minimum Gasteiger partial charge on any atom is -0.492 e. The third-order valence-corrected chi connectivity index (χ3v) is 12.2. The Kier molecular flexibility index (Phi) is 18.1. The van der Waals surface area contributed by atoms with Gasteiger partial charge in [-0.25, -0.2) is 0 Å². The normalized spacial score (nSPS) is 17.7. The van der Waals surface area contributed by atoms with Gasteiger partial charge in [-0.3, -0.25) is 29.0 Å². The molecule has 366 valence electrons. The lowest BCUT2D eigenvalue weighted by molar-refractivity contribution is -0.141. The number of fused-ring (bicyclic) bond motifs is 5. The first kappa shape index (κ1) is 51.3. The summed E-state index contributed by atoms with van der Waals surface area (Å²) in [5.74, 6) is -1.68. The minimum absolute atomic E-state index is 0.00380. The highest BCUT2D eigenvalue weighted by Gasteiger charge is 2.36. The van der Waals surface area contributed by atoms with Crippen LogP contribution in [0.4, 0.5) is 0 Å². The Morgan fingerprint density at radius 3 is 2.17 bits per heavy atom. The number of nitriles is 1. The van der Waals surface area contributed by atoms with Crippen LogP contribution in [0.2, 0.25) is 0 Å². The molecule has 69 heavy (non-hydrogen) atoms. The molecule has 4 unspecified atom stereocenters. The third kappa shape index (κ3) is 12.9. The molecule has 1 saturated carbocycles. The Morgan fingerprint density at radius 2 is 1.54 bits per heavy atom. The standard InChI is InChI=1S/C51H64N10O8/c1-30-26-41(34-11-14-37(15-12-34)69-36-8-6-5-7-9-36)57-31(2)45(30)49(64)59-40(18-19-52)51(66)61(4)46-35-13-17-44(68-25-22-55)39(29-35)38-27-33(10-16-43(38)67-24-21-54)28-42(48(63)56-23-20-53)60-47(62)32(3)58-50(46)65/h10-17,26-27,29,32,36,40,42,46H,5-9,18-19,21-25,28,52,54-55H2,1-4H3,(H,56,63)(H,58,65)(H,59,64)(H,60,62). The average Bonchev–Trinajstić information content (AvgIpc) is 3.34. The SMILES string of the molecule is Cc1cc(-c2ccc(OC3CCCCC3)cc2)nc(C)c1C(=O)NC(CCN)C(=O)N(C)C1C(=O)NC(C)C(=O)NC(C(=O)NCC#N)Cc2ccc(OCCN)c(c2)-c2cc1ccc2OCCN. The van der Waals surface area contributed by atoms with Gasteiger partial charge >= 0.3 is 0 Å². The van der Waals surface area contributed by atoms with Gasteiger partial charge < -0.3 is 57.6 Å². The number of hydrogen-bond donors (Lipinski definition) is 7. The fraction of sp³-hybridized carbons (Fsp3) is 0.431. The summed E-state index contributed by atoms with van der Waals surface area (Å²) in [6.45, 7) is 5.37. The molecular weight excluding hydrogens is 881 g/mol. The summed E-state index contributed by atoms with van der Waals surface area (Å²) in [4.78, 5) is 76.8. The van der Waals surface area contributed by atoms with Crippen molar-refractivity contribution in [2.45, 2.75) is 96.0 Å². The van der Waals surface area contributed by atoms with E-state index in [0.717, 1.165) is 24.2 Å². The summed E-state index contributed by atoms with van der Waals surface area (Å²) in [6, 6.07) is 16.7. The van der Waals surface area contributed by atoms with Crippen LogP contribution in [0, 0.1) is 25.2 Å². The van der Waals surface area contributed by atoms with Gasteiger partial charge in [0.1, 0.15) is 61.2 Å². The molecule has 2 heterocycles. The molecule has 18 heteroatoms. The van der Waals surface area contributed by atoms with E-state index in [-0.39, 0.29) is 63.9 Å². The lowest BCUT2D eigenvalue weighted by Crippen LogP contribution is -2.56. The molecule has 1 fully saturated rings. The van der Waals surface area contributed by atoms with Crippen molar-refractivity contribution in [3.63, 3.8) is 0 Å². The maximum absolute atomic E-state index is 14.8. The second kappa shape index (κ2) is 24.3. The van der Waals surface area contributed by atoms with Crippen molar-refractivity contribution >= 4 is 29.5 Å². The predicted octanol–water partition coefficient (Wildman–Crippen LogP) is 3.25. The Bertz CT molecular complexity index is 2500. The Morgan fingerprint density at radius 1 is 0.870 bits per heavy atom. The van der Waals surface area contributed by atoms with Crippen molar-refractivity contribution in [2.24, 2.45) is 17.2 Å². The van der Waals surface area contributed by atoms with Crippen LogP contribution < -0.4 is 52.7 Å². The summed E-state index contributed by atoms with van der Waals surface area (Å²) < 4.78 is 18.4. The zero-order valence-electron chi connectivity index (χ0n) is 39.8. The number of rotatable bonds is 17. The molecular formula is C51H64N10O8. The summed E-state index contributed by atoms with van der Waals surface area (Å²) in [5, 5.41) is 20.0. The number of ether oxygens (including phenoxy) is 3. The first-order valence-electron chi connectivity index (χ1n) is 23.5. The van der Waals surface area contributed by atoms with Crippen molar-refractivity contribution < 1.29 is 38.2 Å². The second-order valence-electron chi connectivity index (χ2n) is 17.4. The first-order chi connectivity index (χ1) is 33.3. The van der Waals surface area contributed by atoms with E-state index in [9.17, 15) is 29.2 Å². The third-order valence-electron chi connectivity index (χ3n) is 12.2. The van der Waals surface area contributed by atoms with Gasteiger partial charge in [0.15, 0.2) is 0 Å². The maximum atomic E-state index is 14.8. The van der Waals surface area contributed by atoms with Gasteiger partial charge in [-0.1, -0.05) is 18.6 Å². The molecule has 1 aliphatic carbocycles. The van der Waals surface area contributed by atoms with Gasteiger partial charge in [-0.15, -0.1) is 0 Å². The van der Waals surface area contributed by atoms with Gasteiger partial charge in [0, 0.05) is 43.2 Å². The van der Waals surface area contributed by atoms with Crippen molar-refractivity contribution in [3.8, 4) is 45.7 Å². The number of carbonyl (C=O) groups is 5. The number of amides is 5. The van der Waals surface area contributed by atoms with Crippen LogP contribution >= 0.6 is 0 Å². The van der Waals surface area contributed by atoms with E-state index in [0.29, 0.717) is 50.7 Å². The van der Waals surface area contributed by atoms with Gasteiger partial charge in [0.2, 0.25) is 23.6 Å². The number of pyridine rings is 1. The summed E-state index contributed by atoms with van der Waals surface area (Å²) in [6.07, 6.45) is 5.92. The molecule has 4 atom stereocenters. The van der Waals surface area contributed by atoms with Gasteiger partial charge in [0.25, 0.3) is 5.91 Å². The summed E-state index contributed by atoms with van der Waals surface area (Å²) >= 11 is 0. The van der Waals surface area contributed by atoms with Crippen molar-refractivity contribution in [3.05, 3.63) is 94.7 Å². The van der Waals surface area contributed by atoms with Crippen LogP contribution in [0.25, 0.3) is 22.4 Å². The topological polar surface area (TPSA) is 279 Å².